The Morgan fingerprint density at radius 2 is 1.53 bits per heavy atom. The van der Waals surface area contributed by atoms with Gasteiger partial charge >= 0.3 is 7.25 Å². The Morgan fingerprint density at radius 1 is 1.00 bits per heavy atom. The third-order valence-electron chi connectivity index (χ3n) is 1.87. The van der Waals surface area contributed by atoms with E-state index in [2.05, 4.69) is 12.1 Å². The quantitative estimate of drug-likeness (QED) is 0.428. The van der Waals surface area contributed by atoms with Crippen molar-refractivity contribution in [1.82, 2.24) is 0 Å². The van der Waals surface area contributed by atoms with Gasteiger partial charge < -0.3 is 17.3 Å². The lowest BCUT2D eigenvalue weighted by Gasteiger charge is -1.94. The molecule has 0 amide bonds. The highest BCUT2D eigenvalue weighted by atomic mass is 19.5. The molecule has 0 N–H and O–H groups in total. The Kier molecular flexibility index (Phi) is 4.31. The molecular formula is C10H10BF4NO. The van der Waals surface area contributed by atoms with Gasteiger partial charge in [-0.2, -0.15) is 0 Å². The molecule has 0 fully saturated rings. The molecule has 0 spiro atoms. The zero-order valence-corrected chi connectivity index (χ0v) is 8.99. The Morgan fingerprint density at radius 3 is 2.12 bits per heavy atom. The number of fused-ring (bicyclic) bond motifs is 1. The minimum Gasteiger partial charge on any atom is -0.418 e. The van der Waals surface area contributed by atoms with Crippen LogP contribution in [0.2, 0.25) is 0 Å². The van der Waals surface area contributed by atoms with Crippen LogP contribution >= 0.6 is 0 Å². The minimum atomic E-state index is -6.00. The van der Waals surface area contributed by atoms with E-state index < -0.39 is 7.25 Å². The SMILES string of the molecule is CO[n+]1cccc2ccccc21.F[B-](F)(F)F. The molecule has 1 aromatic heterocycles. The summed E-state index contributed by atoms with van der Waals surface area (Å²) in [6.45, 7) is 0. The van der Waals surface area contributed by atoms with Crippen LogP contribution < -0.4 is 9.57 Å². The van der Waals surface area contributed by atoms with Crippen molar-refractivity contribution >= 4 is 18.2 Å². The van der Waals surface area contributed by atoms with Gasteiger partial charge in [-0.25, -0.2) is 0 Å². The van der Waals surface area contributed by atoms with Gasteiger partial charge in [0.2, 0.25) is 6.20 Å². The van der Waals surface area contributed by atoms with Gasteiger partial charge in [0.15, 0.2) is 0 Å². The second-order valence-electron chi connectivity index (χ2n) is 3.07. The number of hydrogen-bond donors (Lipinski definition) is 0. The van der Waals surface area contributed by atoms with E-state index in [1.54, 1.807) is 11.8 Å². The molecule has 92 valence electrons. The third kappa shape index (κ3) is 4.71. The molecule has 1 aromatic carbocycles. The predicted molar refractivity (Wildman–Crippen MR) is 56.8 cm³/mol. The number of benzene rings is 1. The molecule has 0 radical (unpaired) electrons. The van der Waals surface area contributed by atoms with Crippen molar-refractivity contribution in [3.05, 3.63) is 42.6 Å². The summed E-state index contributed by atoms with van der Waals surface area (Å²) < 4.78 is 40.7. The molecule has 0 atom stereocenters. The second kappa shape index (κ2) is 5.52. The van der Waals surface area contributed by atoms with Crippen molar-refractivity contribution in [3.63, 3.8) is 0 Å². The second-order valence-corrected chi connectivity index (χ2v) is 3.07. The van der Waals surface area contributed by atoms with E-state index in [0.29, 0.717) is 0 Å². The number of hydrogen-bond acceptors (Lipinski definition) is 1. The zero-order valence-electron chi connectivity index (χ0n) is 8.99. The molecule has 2 aromatic rings. The number of rotatable bonds is 1. The lowest BCUT2D eigenvalue weighted by Crippen LogP contribution is -2.40. The Hall–Kier alpha value is -1.79. The summed E-state index contributed by atoms with van der Waals surface area (Å²) in [6, 6.07) is 12.1. The van der Waals surface area contributed by atoms with E-state index in [0.717, 1.165) is 5.52 Å². The molecule has 0 unspecified atom stereocenters. The molecule has 0 aliphatic rings. The van der Waals surface area contributed by atoms with Crippen molar-refractivity contribution in [3.8, 4) is 0 Å². The Bertz CT molecular complexity index is 478. The first kappa shape index (κ1) is 13.3. The van der Waals surface area contributed by atoms with Crippen molar-refractivity contribution in [2.75, 3.05) is 7.11 Å². The summed E-state index contributed by atoms with van der Waals surface area (Å²) in [7, 11) is -4.34. The monoisotopic (exact) mass is 247 g/mol. The van der Waals surface area contributed by atoms with Crippen LogP contribution in [-0.4, -0.2) is 14.4 Å². The van der Waals surface area contributed by atoms with Crippen LogP contribution in [0.4, 0.5) is 17.3 Å². The largest absolute Gasteiger partial charge is 0.673 e. The lowest BCUT2D eigenvalue weighted by molar-refractivity contribution is -0.865. The van der Waals surface area contributed by atoms with E-state index in [1.807, 2.05) is 30.5 Å². The van der Waals surface area contributed by atoms with Crippen molar-refractivity contribution in [1.29, 1.82) is 0 Å². The number of aromatic nitrogens is 1. The average molecular weight is 247 g/mol. The summed E-state index contributed by atoms with van der Waals surface area (Å²) in [5.74, 6) is 0. The summed E-state index contributed by atoms with van der Waals surface area (Å²) in [5, 5.41) is 1.18. The summed E-state index contributed by atoms with van der Waals surface area (Å²) >= 11 is 0. The fraction of sp³-hybridized carbons (Fsp3) is 0.100. The molecule has 0 saturated heterocycles. The maximum atomic E-state index is 9.75. The molecule has 1 heterocycles. The van der Waals surface area contributed by atoms with E-state index in [4.69, 9.17) is 4.84 Å². The van der Waals surface area contributed by atoms with Gasteiger partial charge in [-0.05, 0) is 12.1 Å². The van der Waals surface area contributed by atoms with E-state index in [-0.39, 0.29) is 0 Å². The zero-order chi connectivity index (χ0) is 12.9. The smallest absolute Gasteiger partial charge is 0.418 e. The van der Waals surface area contributed by atoms with Gasteiger partial charge in [-0.15, -0.1) is 0 Å². The highest BCUT2D eigenvalue weighted by Crippen LogP contribution is 2.07. The number of halogens is 4. The highest BCUT2D eigenvalue weighted by molar-refractivity contribution is 6.50. The molecule has 0 aliphatic carbocycles. The number of para-hydroxylation sites is 1. The number of nitrogens with zero attached hydrogens (tertiary/aromatic N) is 1. The maximum Gasteiger partial charge on any atom is 0.673 e. The molecule has 17 heavy (non-hydrogen) atoms. The van der Waals surface area contributed by atoms with Crippen LogP contribution in [0, 0.1) is 0 Å². The van der Waals surface area contributed by atoms with Gasteiger partial charge in [0.05, 0.1) is 5.39 Å². The topological polar surface area (TPSA) is 13.1 Å². The molecule has 2 rings (SSSR count). The first-order valence-corrected chi connectivity index (χ1v) is 4.73. The molecular weight excluding hydrogens is 237 g/mol. The van der Waals surface area contributed by atoms with E-state index in [9.17, 15) is 17.3 Å². The molecule has 7 heteroatoms. The Balaban J connectivity index is 0.000000249. The average Bonchev–Trinajstić information content (AvgIpc) is 2.26. The van der Waals surface area contributed by atoms with Crippen LogP contribution in [0.3, 0.4) is 0 Å². The van der Waals surface area contributed by atoms with Crippen molar-refractivity contribution < 1.29 is 26.8 Å². The van der Waals surface area contributed by atoms with Gasteiger partial charge in [0.1, 0.15) is 7.11 Å². The normalized spacial score (nSPS) is 10.6. The van der Waals surface area contributed by atoms with Crippen LogP contribution in [0.25, 0.3) is 10.9 Å². The van der Waals surface area contributed by atoms with Crippen LogP contribution in [0.15, 0.2) is 42.6 Å². The van der Waals surface area contributed by atoms with Gasteiger partial charge in [-0.1, -0.05) is 12.1 Å². The van der Waals surface area contributed by atoms with Crippen LogP contribution in [0.1, 0.15) is 0 Å². The van der Waals surface area contributed by atoms with Crippen molar-refractivity contribution in [2.45, 2.75) is 0 Å². The molecule has 0 aliphatic heterocycles. The predicted octanol–water partition coefficient (Wildman–Crippen LogP) is 2.49. The third-order valence-corrected chi connectivity index (χ3v) is 1.87. The summed E-state index contributed by atoms with van der Waals surface area (Å²) in [4.78, 5) is 5.14. The fourth-order valence-electron chi connectivity index (χ4n) is 1.29. The minimum absolute atomic E-state index is 1.09. The maximum absolute atomic E-state index is 9.75. The molecule has 0 saturated carbocycles. The van der Waals surface area contributed by atoms with Crippen LogP contribution in [0.5, 0.6) is 0 Å². The Labute approximate surface area is 95.5 Å². The summed E-state index contributed by atoms with van der Waals surface area (Å²) in [5.41, 5.74) is 1.09. The first-order valence-electron chi connectivity index (χ1n) is 4.73. The highest BCUT2D eigenvalue weighted by Gasteiger charge is 2.20. The number of pyridine rings is 1. The van der Waals surface area contributed by atoms with Gasteiger partial charge in [0.25, 0.3) is 5.52 Å². The van der Waals surface area contributed by atoms with Crippen LogP contribution in [-0.2, 0) is 0 Å². The fourth-order valence-corrected chi connectivity index (χ4v) is 1.29. The molecule has 0 bridgehead atoms. The van der Waals surface area contributed by atoms with Crippen molar-refractivity contribution in [2.24, 2.45) is 0 Å². The van der Waals surface area contributed by atoms with E-state index >= 15 is 0 Å². The standard InChI is InChI=1S/C10H10NO.BF4/c1-12-11-8-4-6-9-5-2-3-7-10(9)11;2-1(3,4)5/h2-8H,1H3;/q+1;-1. The lowest BCUT2D eigenvalue weighted by atomic mass is 10.2. The first-order chi connectivity index (χ1) is 7.92. The van der Waals surface area contributed by atoms with E-state index in [1.165, 1.54) is 5.39 Å². The van der Waals surface area contributed by atoms with Gasteiger partial charge in [-0.3, -0.25) is 4.84 Å². The van der Waals surface area contributed by atoms with Gasteiger partial charge in [0, 0.05) is 16.9 Å². The molecule has 2 nitrogen and oxygen atoms in total. The summed E-state index contributed by atoms with van der Waals surface area (Å²) in [6.07, 6.45) is 1.89.